The zero-order chi connectivity index (χ0) is 13.9. The standard InChI is InChI=1S/C16H13N3O/c1-19-14-10-6-5-9-13(14)16(20)15(19)11-17-18-12-7-3-2-4-8-12/h2-11H,1H3. The van der Waals surface area contributed by atoms with Gasteiger partial charge in [0.05, 0.1) is 17.6 Å². The number of Topliss-reactive ketones (excluding diaryl/α,β-unsaturated/α-hetero) is 1. The molecule has 4 nitrogen and oxygen atoms in total. The molecule has 0 bridgehead atoms. The highest BCUT2D eigenvalue weighted by Crippen LogP contribution is 2.32. The van der Waals surface area contributed by atoms with Crippen molar-refractivity contribution in [3.05, 3.63) is 72.1 Å². The zero-order valence-electron chi connectivity index (χ0n) is 11.0. The number of fused-ring (bicyclic) bond motifs is 1. The van der Waals surface area contributed by atoms with Crippen molar-refractivity contribution in [2.75, 3.05) is 11.9 Å². The highest BCUT2D eigenvalue weighted by atomic mass is 16.1. The third-order valence-corrected chi connectivity index (χ3v) is 3.21. The predicted octanol–water partition coefficient (Wildman–Crippen LogP) is 3.94. The van der Waals surface area contributed by atoms with Crippen LogP contribution in [-0.2, 0) is 0 Å². The summed E-state index contributed by atoms with van der Waals surface area (Å²) >= 11 is 0. The molecule has 0 fully saturated rings. The van der Waals surface area contributed by atoms with E-state index in [1.165, 1.54) is 6.20 Å². The Hall–Kier alpha value is -2.75. The van der Waals surface area contributed by atoms with Crippen molar-refractivity contribution >= 4 is 17.2 Å². The molecule has 0 spiro atoms. The van der Waals surface area contributed by atoms with Crippen LogP contribution in [0.3, 0.4) is 0 Å². The van der Waals surface area contributed by atoms with Gasteiger partial charge in [-0.05, 0) is 24.3 Å². The van der Waals surface area contributed by atoms with Crippen LogP contribution >= 0.6 is 0 Å². The average Bonchev–Trinajstić information content (AvgIpc) is 2.74. The molecule has 1 aliphatic heterocycles. The number of para-hydroxylation sites is 1. The molecule has 1 aliphatic rings. The van der Waals surface area contributed by atoms with Crippen molar-refractivity contribution in [3.63, 3.8) is 0 Å². The minimum absolute atomic E-state index is 0.0184. The maximum Gasteiger partial charge on any atom is 0.213 e. The van der Waals surface area contributed by atoms with Gasteiger partial charge in [0.25, 0.3) is 0 Å². The number of likely N-dealkylation sites (N-methyl/N-ethyl adjacent to an activating group) is 1. The number of anilines is 1. The average molecular weight is 263 g/mol. The normalized spacial score (nSPS) is 16.1. The first-order valence-corrected chi connectivity index (χ1v) is 6.31. The van der Waals surface area contributed by atoms with Crippen molar-refractivity contribution < 1.29 is 4.79 Å². The number of rotatable bonds is 2. The van der Waals surface area contributed by atoms with Gasteiger partial charge >= 0.3 is 0 Å². The minimum Gasteiger partial charge on any atom is -0.339 e. The molecule has 0 aromatic heterocycles. The van der Waals surface area contributed by atoms with E-state index in [1.807, 2.05) is 66.5 Å². The summed E-state index contributed by atoms with van der Waals surface area (Å²) in [6, 6.07) is 16.9. The van der Waals surface area contributed by atoms with Crippen LogP contribution in [0.5, 0.6) is 0 Å². The van der Waals surface area contributed by atoms with E-state index in [0.717, 1.165) is 11.4 Å². The summed E-state index contributed by atoms with van der Waals surface area (Å²) < 4.78 is 0. The lowest BCUT2D eigenvalue weighted by atomic mass is 10.1. The van der Waals surface area contributed by atoms with E-state index < -0.39 is 0 Å². The number of carbonyl (C=O) groups excluding carboxylic acids is 1. The summed E-state index contributed by atoms with van der Waals surface area (Å²) in [6.07, 6.45) is 1.51. The van der Waals surface area contributed by atoms with Crippen LogP contribution in [0.4, 0.5) is 11.4 Å². The van der Waals surface area contributed by atoms with Gasteiger partial charge in [-0.2, -0.15) is 10.2 Å². The highest BCUT2D eigenvalue weighted by Gasteiger charge is 2.29. The number of hydrogen-bond donors (Lipinski definition) is 0. The second-order valence-corrected chi connectivity index (χ2v) is 4.47. The number of allylic oxidation sites excluding steroid dienone is 1. The quantitative estimate of drug-likeness (QED) is 0.608. The molecule has 0 saturated carbocycles. The first-order valence-electron chi connectivity index (χ1n) is 6.31. The monoisotopic (exact) mass is 263 g/mol. The van der Waals surface area contributed by atoms with E-state index in [-0.39, 0.29) is 5.78 Å². The molecule has 0 unspecified atom stereocenters. The molecule has 1 heterocycles. The lowest BCUT2D eigenvalue weighted by molar-refractivity contribution is 0.103. The van der Waals surface area contributed by atoms with Crippen LogP contribution in [0.2, 0.25) is 0 Å². The first-order chi connectivity index (χ1) is 9.77. The number of nitrogens with zero attached hydrogens (tertiary/aromatic N) is 3. The Balaban J connectivity index is 1.87. The van der Waals surface area contributed by atoms with Crippen LogP contribution in [0, 0.1) is 0 Å². The van der Waals surface area contributed by atoms with Crippen LogP contribution in [0.1, 0.15) is 10.4 Å². The van der Waals surface area contributed by atoms with Gasteiger partial charge in [0.1, 0.15) is 5.70 Å². The molecular formula is C16H13N3O. The van der Waals surface area contributed by atoms with E-state index in [4.69, 9.17) is 0 Å². The largest absolute Gasteiger partial charge is 0.339 e. The molecule has 0 radical (unpaired) electrons. The maximum atomic E-state index is 12.2. The summed E-state index contributed by atoms with van der Waals surface area (Å²) in [7, 11) is 1.85. The summed E-state index contributed by atoms with van der Waals surface area (Å²) in [5.41, 5.74) is 2.90. The molecule has 98 valence electrons. The Bertz CT molecular complexity index is 705. The van der Waals surface area contributed by atoms with Crippen LogP contribution in [-0.4, -0.2) is 12.8 Å². The Labute approximate surface area is 117 Å². The predicted molar refractivity (Wildman–Crippen MR) is 78.2 cm³/mol. The van der Waals surface area contributed by atoms with Gasteiger partial charge in [-0.1, -0.05) is 30.3 Å². The van der Waals surface area contributed by atoms with E-state index in [1.54, 1.807) is 0 Å². The Morgan fingerprint density at radius 1 is 1.00 bits per heavy atom. The summed E-state index contributed by atoms with van der Waals surface area (Å²) in [4.78, 5) is 14.1. The van der Waals surface area contributed by atoms with Crippen LogP contribution in [0.25, 0.3) is 0 Å². The van der Waals surface area contributed by atoms with E-state index in [2.05, 4.69) is 10.2 Å². The van der Waals surface area contributed by atoms with Crippen LogP contribution in [0.15, 0.2) is 76.7 Å². The van der Waals surface area contributed by atoms with Gasteiger partial charge < -0.3 is 4.90 Å². The Kier molecular flexibility index (Phi) is 3.13. The third kappa shape index (κ3) is 2.12. The van der Waals surface area contributed by atoms with Crippen molar-refractivity contribution in [1.82, 2.24) is 0 Å². The third-order valence-electron chi connectivity index (χ3n) is 3.21. The lowest BCUT2D eigenvalue weighted by Crippen LogP contribution is -2.13. The van der Waals surface area contributed by atoms with E-state index >= 15 is 0 Å². The molecule has 4 heteroatoms. The molecule has 0 aliphatic carbocycles. The fraction of sp³-hybridized carbons (Fsp3) is 0.0625. The molecule has 2 aromatic carbocycles. The molecule has 0 atom stereocenters. The summed E-state index contributed by atoms with van der Waals surface area (Å²) in [5.74, 6) is -0.0184. The maximum absolute atomic E-state index is 12.2. The van der Waals surface area contributed by atoms with Crippen molar-refractivity contribution in [2.24, 2.45) is 10.2 Å². The van der Waals surface area contributed by atoms with Gasteiger partial charge in [-0.25, -0.2) is 0 Å². The van der Waals surface area contributed by atoms with Gasteiger partial charge in [0.15, 0.2) is 0 Å². The second-order valence-electron chi connectivity index (χ2n) is 4.47. The van der Waals surface area contributed by atoms with Gasteiger partial charge in [0, 0.05) is 12.6 Å². The van der Waals surface area contributed by atoms with Crippen LogP contribution < -0.4 is 4.90 Å². The lowest BCUT2D eigenvalue weighted by Gasteiger charge is -2.11. The topological polar surface area (TPSA) is 45.0 Å². The number of azo groups is 1. The fourth-order valence-electron chi connectivity index (χ4n) is 2.17. The SMILES string of the molecule is CN1C(=CN=Nc2ccccc2)C(=O)c2ccccc21. The number of benzene rings is 2. The molecule has 0 saturated heterocycles. The number of carbonyl (C=O) groups is 1. The number of ketones is 1. The van der Waals surface area contributed by atoms with Gasteiger partial charge in [-0.15, -0.1) is 0 Å². The number of hydrogen-bond acceptors (Lipinski definition) is 4. The smallest absolute Gasteiger partial charge is 0.213 e. The van der Waals surface area contributed by atoms with E-state index in [9.17, 15) is 4.79 Å². The molecule has 0 N–H and O–H groups in total. The molecular weight excluding hydrogens is 250 g/mol. The first kappa shape index (κ1) is 12.3. The van der Waals surface area contributed by atoms with E-state index in [0.29, 0.717) is 11.3 Å². The molecule has 3 rings (SSSR count). The summed E-state index contributed by atoms with van der Waals surface area (Å²) in [5, 5.41) is 8.08. The molecule has 20 heavy (non-hydrogen) atoms. The molecule has 2 aromatic rings. The minimum atomic E-state index is -0.0184. The molecule has 0 amide bonds. The Morgan fingerprint density at radius 3 is 2.45 bits per heavy atom. The zero-order valence-corrected chi connectivity index (χ0v) is 11.0. The second kappa shape index (κ2) is 5.09. The fourth-order valence-corrected chi connectivity index (χ4v) is 2.17. The van der Waals surface area contributed by atoms with Gasteiger partial charge in [0.2, 0.25) is 5.78 Å². The van der Waals surface area contributed by atoms with Crippen molar-refractivity contribution in [3.8, 4) is 0 Å². The summed E-state index contributed by atoms with van der Waals surface area (Å²) in [6.45, 7) is 0. The van der Waals surface area contributed by atoms with Crippen molar-refractivity contribution in [1.29, 1.82) is 0 Å². The Morgan fingerprint density at radius 2 is 1.70 bits per heavy atom. The van der Waals surface area contributed by atoms with Crippen molar-refractivity contribution in [2.45, 2.75) is 0 Å². The van der Waals surface area contributed by atoms with Gasteiger partial charge in [-0.3, -0.25) is 4.79 Å². The highest BCUT2D eigenvalue weighted by molar-refractivity contribution is 6.18.